The quantitative estimate of drug-likeness (QED) is 0.605. The van der Waals surface area contributed by atoms with Crippen LogP contribution in [0.15, 0.2) is 12.2 Å². The SMILES string of the molecule is C/C=C/[C]1CCC([C]2CCC(C3CC3C)CC2)CC1. The largest absolute Gasteiger partial charge is 0.0911 e. The summed E-state index contributed by atoms with van der Waals surface area (Å²) in [6.07, 6.45) is 17.7. The minimum atomic E-state index is 0.978. The highest BCUT2D eigenvalue weighted by atomic mass is 14.5. The second kappa shape index (κ2) is 6.02. The molecule has 106 valence electrons. The van der Waals surface area contributed by atoms with E-state index in [1.807, 2.05) is 5.92 Å². The van der Waals surface area contributed by atoms with Gasteiger partial charge in [0.15, 0.2) is 0 Å². The standard InChI is InChI=1S/C19H30/c1-3-4-15-5-7-16(8-6-15)17-9-11-18(12-10-17)19-13-14(19)2/h3-4,14,16,18-19H,5-13H2,1-2H3/b4-3+. The fourth-order valence-electron chi connectivity index (χ4n) is 4.65. The molecule has 0 aromatic rings. The third-order valence-corrected chi connectivity index (χ3v) is 6.06. The predicted octanol–water partition coefficient (Wildman–Crippen LogP) is 5.75. The molecule has 0 aromatic carbocycles. The van der Waals surface area contributed by atoms with Crippen molar-refractivity contribution in [1.29, 1.82) is 0 Å². The maximum atomic E-state index is 2.45. The van der Waals surface area contributed by atoms with Gasteiger partial charge in [-0.3, -0.25) is 0 Å². The second-order valence-electron chi connectivity index (χ2n) is 7.31. The summed E-state index contributed by atoms with van der Waals surface area (Å²) >= 11 is 0. The lowest BCUT2D eigenvalue weighted by molar-refractivity contribution is 0.273. The first-order valence-electron chi connectivity index (χ1n) is 8.60. The van der Waals surface area contributed by atoms with E-state index in [1.54, 1.807) is 5.92 Å². The Hall–Kier alpha value is -0.260. The summed E-state index contributed by atoms with van der Waals surface area (Å²) in [5.41, 5.74) is 0. The molecule has 0 heteroatoms. The third kappa shape index (κ3) is 3.26. The van der Waals surface area contributed by atoms with E-state index in [-0.39, 0.29) is 0 Å². The summed E-state index contributed by atoms with van der Waals surface area (Å²) in [7, 11) is 0. The molecule has 3 aliphatic carbocycles. The molecule has 2 radical (unpaired) electrons. The lowest BCUT2D eigenvalue weighted by Gasteiger charge is -2.37. The van der Waals surface area contributed by atoms with Crippen molar-refractivity contribution >= 4 is 0 Å². The van der Waals surface area contributed by atoms with Crippen molar-refractivity contribution in [2.24, 2.45) is 23.7 Å². The molecule has 3 saturated carbocycles. The molecule has 0 nitrogen and oxygen atoms in total. The fourth-order valence-corrected chi connectivity index (χ4v) is 4.65. The van der Waals surface area contributed by atoms with Crippen molar-refractivity contribution in [3.05, 3.63) is 24.0 Å². The zero-order valence-electron chi connectivity index (χ0n) is 12.8. The van der Waals surface area contributed by atoms with E-state index in [4.69, 9.17) is 0 Å². The minimum absolute atomic E-state index is 0.978. The maximum absolute atomic E-state index is 2.45. The summed E-state index contributed by atoms with van der Waals surface area (Å²) in [6, 6.07) is 0. The highest BCUT2D eigenvalue weighted by Gasteiger charge is 2.41. The highest BCUT2D eigenvalue weighted by molar-refractivity contribution is 5.14. The van der Waals surface area contributed by atoms with Gasteiger partial charge in [-0.05, 0) is 100 Å². The number of hydrogen-bond donors (Lipinski definition) is 0. The molecule has 0 heterocycles. The number of hydrogen-bond acceptors (Lipinski definition) is 0. The van der Waals surface area contributed by atoms with Gasteiger partial charge in [-0.15, -0.1) is 0 Å². The van der Waals surface area contributed by atoms with Crippen LogP contribution in [0.25, 0.3) is 0 Å². The van der Waals surface area contributed by atoms with Gasteiger partial charge in [0.05, 0.1) is 0 Å². The van der Waals surface area contributed by atoms with E-state index in [2.05, 4.69) is 26.0 Å². The first-order chi connectivity index (χ1) is 9.28. The Bertz CT molecular complexity index is 300. The van der Waals surface area contributed by atoms with Crippen molar-refractivity contribution in [1.82, 2.24) is 0 Å². The van der Waals surface area contributed by atoms with Crippen LogP contribution in [-0.4, -0.2) is 0 Å². The Kier molecular flexibility index (Phi) is 4.34. The molecular formula is C19H30. The van der Waals surface area contributed by atoms with Crippen LogP contribution >= 0.6 is 0 Å². The molecule has 3 aliphatic rings. The molecule has 0 saturated heterocycles. The average Bonchev–Trinajstić information content (AvgIpc) is 3.17. The predicted molar refractivity (Wildman–Crippen MR) is 82.5 cm³/mol. The van der Waals surface area contributed by atoms with Crippen molar-refractivity contribution in [3.8, 4) is 0 Å². The van der Waals surface area contributed by atoms with E-state index in [9.17, 15) is 0 Å². The summed E-state index contributed by atoms with van der Waals surface area (Å²) in [4.78, 5) is 0. The van der Waals surface area contributed by atoms with Crippen LogP contribution in [0.1, 0.15) is 71.6 Å². The number of allylic oxidation sites excluding steroid dienone is 2. The van der Waals surface area contributed by atoms with E-state index >= 15 is 0 Å². The topological polar surface area (TPSA) is 0 Å². The molecule has 0 spiro atoms. The van der Waals surface area contributed by atoms with Crippen LogP contribution in [0.3, 0.4) is 0 Å². The fraction of sp³-hybridized carbons (Fsp3) is 0.789. The Morgan fingerprint density at radius 1 is 0.947 bits per heavy atom. The Morgan fingerprint density at radius 3 is 2.11 bits per heavy atom. The van der Waals surface area contributed by atoms with Crippen LogP contribution in [0.5, 0.6) is 0 Å². The summed E-state index contributed by atoms with van der Waals surface area (Å²) < 4.78 is 0. The van der Waals surface area contributed by atoms with Crippen LogP contribution in [0, 0.1) is 35.5 Å². The van der Waals surface area contributed by atoms with Gasteiger partial charge in [0.25, 0.3) is 0 Å². The highest BCUT2D eigenvalue weighted by Crippen LogP contribution is 2.52. The second-order valence-corrected chi connectivity index (χ2v) is 7.31. The molecule has 0 amide bonds. The molecule has 0 bridgehead atoms. The van der Waals surface area contributed by atoms with Gasteiger partial charge in [-0.25, -0.2) is 0 Å². The molecule has 2 unspecified atom stereocenters. The van der Waals surface area contributed by atoms with Crippen LogP contribution < -0.4 is 0 Å². The smallest absolute Gasteiger partial charge is 0.00272 e. The van der Waals surface area contributed by atoms with Gasteiger partial charge >= 0.3 is 0 Å². The minimum Gasteiger partial charge on any atom is -0.0911 e. The van der Waals surface area contributed by atoms with E-state index < -0.39 is 0 Å². The molecule has 0 aliphatic heterocycles. The molecule has 0 N–H and O–H groups in total. The van der Waals surface area contributed by atoms with Gasteiger partial charge in [-0.2, -0.15) is 0 Å². The van der Waals surface area contributed by atoms with Crippen molar-refractivity contribution in [3.63, 3.8) is 0 Å². The monoisotopic (exact) mass is 258 g/mol. The Labute approximate surface area is 120 Å². The normalized spacial score (nSPS) is 36.1. The molecule has 19 heavy (non-hydrogen) atoms. The van der Waals surface area contributed by atoms with E-state index in [0.717, 1.165) is 23.7 Å². The molecule has 2 atom stereocenters. The number of rotatable bonds is 3. The van der Waals surface area contributed by atoms with Gasteiger partial charge in [0.2, 0.25) is 0 Å². The van der Waals surface area contributed by atoms with Crippen LogP contribution in [0.4, 0.5) is 0 Å². The maximum Gasteiger partial charge on any atom is -0.00272 e. The van der Waals surface area contributed by atoms with E-state index in [1.165, 1.54) is 57.8 Å². The van der Waals surface area contributed by atoms with Gasteiger partial charge in [-0.1, -0.05) is 19.1 Å². The lowest BCUT2D eigenvalue weighted by Crippen LogP contribution is -2.24. The zero-order valence-corrected chi connectivity index (χ0v) is 12.8. The summed E-state index contributed by atoms with van der Waals surface area (Å²) in [5.74, 6) is 7.88. The lowest BCUT2D eigenvalue weighted by atomic mass is 9.68. The van der Waals surface area contributed by atoms with Crippen LogP contribution in [0.2, 0.25) is 0 Å². The Balaban J connectivity index is 1.42. The molecule has 3 fully saturated rings. The van der Waals surface area contributed by atoms with Gasteiger partial charge in [0.1, 0.15) is 0 Å². The molecule has 0 aromatic heterocycles. The van der Waals surface area contributed by atoms with Crippen LogP contribution in [-0.2, 0) is 0 Å². The first-order valence-corrected chi connectivity index (χ1v) is 8.60. The van der Waals surface area contributed by atoms with Crippen molar-refractivity contribution < 1.29 is 0 Å². The van der Waals surface area contributed by atoms with Gasteiger partial charge in [0, 0.05) is 0 Å². The molecule has 3 rings (SSSR count). The Morgan fingerprint density at radius 2 is 1.58 bits per heavy atom. The average molecular weight is 258 g/mol. The third-order valence-electron chi connectivity index (χ3n) is 6.06. The summed E-state index contributed by atoms with van der Waals surface area (Å²) in [5, 5.41) is 0. The summed E-state index contributed by atoms with van der Waals surface area (Å²) in [6.45, 7) is 4.59. The zero-order chi connectivity index (χ0) is 13.2. The van der Waals surface area contributed by atoms with Crippen molar-refractivity contribution in [2.45, 2.75) is 71.6 Å². The van der Waals surface area contributed by atoms with E-state index in [0.29, 0.717) is 0 Å². The van der Waals surface area contributed by atoms with Gasteiger partial charge < -0.3 is 0 Å². The molecular weight excluding hydrogens is 228 g/mol. The van der Waals surface area contributed by atoms with Crippen molar-refractivity contribution in [2.75, 3.05) is 0 Å². The first kappa shape index (κ1) is 13.7.